The zero-order valence-corrected chi connectivity index (χ0v) is 12.9. The van der Waals surface area contributed by atoms with Crippen LogP contribution < -0.4 is 4.90 Å². The van der Waals surface area contributed by atoms with E-state index in [1.54, 1.807) is 12.4 Å². The van der Waals surface area contributed by atoms with Crippen LogP contribution in [0.3, 0.4) is 0 Å². The van der Waals surface area contributed by atoms with Crippen molar-refractivity contribution in [2.24, 2.45) is 0 Å². The number of carboxylic acids is 1. The third-order valence-corrected chi connectivity index (χ3v) is 4.06. The Morgan fingerprint density at radius 3 is 2.57 bits per heavy atom. The minimum absolute atomic E-state index is 0.376. The van der Waals surface area contributed by atoms with E-state index < -0.39 is 5.97 Å². The van der Waals surface area contributed by atoms with Gasteiger partial charge < -0.3 is 10.0 Å². The monoisotopic (exact) mass is 302 g/mol. The number of hydrogen-bond donors (Lipinski definition) is 1. The summed E-state index contributed by atoms with van der Waals surface area (Å²) >= 11 is 1.45. The molecule has 0 aliphatic rings. The molecule has 0 aliphatic heterocycles. The summed E-state index contributed by atoms with van der Waals surface area (Å²) in [6.45, 7) is 3.43. The largest absolute Gasteiger partial charge is 0.478 e. The molecule has 21 heavy (non-hydrogen) atoms. The molecule has 0 saturated heterocycles. The number of carboxylic acid groups (broad SMARTS) is 1. The van der Waals surface area contributed by atoms with Gasteiger partial charge in [0.15, 0.2) is 0 Å². The first kappa shape index (κ1) is 15.4. The van der Waals surface area contributed by atoms with Gasteiger partial charge >= 0.3 is 5.97 Å². The van der Waals surface area contributed by atoms with E-state index in [4.69, 9.17) is 0 Å². The quantitative estimate of drug-likeness (QED) is 0.827. The average molecular weight is 302 g/mol. The lowest BCUT2D eigenvalue weighted by atomic mass is 10.1. The van der Waals surface area contributed by atoms with Gasteiger partial charge in [0.25, 0.3) is 0 Å². The molecule has 2 rings (SSSR count). The van der Waals surface area contributed by atoms with Gasteiger partial charge in [-0.25, -0.2) is 4.79 Å². The van der Waals surface area contributed by atoms with Crippen molar-refractivity contribution in [3.05, 3.63) is 53.9 Å². The molecule has 1 aromatic heterocycles. The Morgan fingerprint density at radius 2 is 2.00 bits per heavy atom. The summed E-state index contributed by atoms with van der Waals surface area (Å²) in [4.78, 5) is 18.5. The van der Waals surface area contributed by atoms with E-state index in [-0.39, 0.29) is 0 Å². The molecule has 0 radical (unpaired) electrons. The van der Waals surface area contributed by atoms with Crippen LogP contribution in [0.5, 0.6) is 0 Å². The highest BCUT2D eigenvalue weighted by Crippen LogP contribution is 2.30. The molecule has 1 aromatic carbocycles. The Morgan fingerprint density at radius 1 is 1.29 bits per heavy atom. The summed E-state index contributed by atoms with van der Waals surface area (Å²) in [7, 11) is 0. The Kier molecular flexibility index (Phi) is 5.22. The number of pyridine rings is 1. The number of benzene rings is 1. The molecule has 1 heterocycles. The molecule has 0 aliphatic carbocycles. The van der Waals surface area contributed by atoms with Crippen LogP contribution in [0.1, 0.15) is 22.8 Å². The molecular formula is C16H18N2O2S. The number of rotatable bonds is 6. The van der Waals surface area contributed by atoms with Gasteiger partial charge in [0.05, 0.1) is 11.3 Å². The standard InChI is InChI=1S/C16H18N2O2S/c1-3-18(11-12-7-9-17-10-8-12)13-5-4-6-14(21-2)15(13)16(19)20/h4-10H,3,11H2,1-2H3,(H,19,20). The van der Waals surface area contributed by atoms with Crippen LogP contribution in [0, 0.1) is 0 Å². The maximum Gasteiger partial charge on any atom is 0.338 e. The number of hydrogen-bond acceptors (Lipinski definition) is 4. The molecule has 0 unspecified atom stereocenters. The minimum Gasteiger partial charge on any atom is -0.478 e. The molecule has 0 atom stereocenters. The zero-order chi connectivity index (χ0) is 15.2. The van der Waals surface area contributed by atoms with E-state index in [1.165, 1.54) is 11.8 Å². The van der Waals surface area contributed by atoms with Gasteiger partial charge in [0.1, 0.15) is 0 Å². The van der Waals surface area contributed by atoms with Crippen LogP contribution in [-0.2, 0) is 6.54 Å². The van der Waals surface area contributed by atoms with Crippen LogP contribution in [0.25, 0.3) is 0 Å². The summed E-state index contributed by atoms with van der Waals surface area (Å²) in [6, 6.07) is 9.51. The lowest BCUT2D eigenvalue weighted by Crippen LogP contribution is -2.24. The molecule has 0 spiro atoms. The second kappa shape index (κ2) is 7.13. The molecular weight excluding hydrogens is 284 g/mol. The van der Waals surface area contributed by atoms with E-state index in [0.29, 0.717) is 12.1 Å². The smallest absolute Gasteiger partial charge is 0.338 e. The van der Waals surface area contributed by atoms with Crippen molar-refractivity contribution in [3.8, 4) is 0 Å². The van der Waals surface area contributed by atoms with Crippen molar-refractivity contribution in [1.29, 1.82) is 0 Å². The van der Waals surface area contributed by atoms with E-state index in [0.717, 1.165) is 22.7 Å². The molecule has 0 amide bonds. The predicted molar refractivity (Wildman–Crippen MR) is 86.1 cm³/mol. The van der Waals surface area contributed by atoms with Crippen molar-refractivity contribution in [2.75, 3.05) is 17.7 Å². The molecule has 0 bridgehead atoms. The number of thioether (sulfide) groups is 1. The Bertz CT molecular complexity index is 617. The van der Waals surface area contributed by atoms with E-state index in [1.807, 2.05) is 43.5 Å². The minimum atomic E-state index is -0.886. The van der Waals surface area contributed by atoms with Gasteiger partial charge in [-0.15, -0.1) is 11.8 Å². The number of anilines is 1. The van der Waals surface area contributed by atoms with Gasteiger partial charge in [-0.1, -0.05) is 6.07 Å². The molecule has 5 heteroatoms. The summed E-state index contributed by atoms with van der Waals surface area (Å²) in [5.41, 5.74) is 2.24. The van der Waals surface area contributed by atoms with Gasteiger partial charge in [0, 0.05) is 30.4 Å². The number of nitrogens with zero attached hydrogens (tertiary/aromatic N) is 2. The Hall–Kier alpha value is -2.01. The average Bonchev–Trinajstić information content (AvgIpc) is 2.52. The third-order valence-electron chi connectivity index (χ3n) is 3.28. The second-order valence-corrected chi connectivity index (χ2v) is 5.38. The van der Waals surface area contributed by atoms with Gasteiger partial charge in [-0.2, -0.15) is 0 Å². The second-order valence-electron chi connectivity index (χ2n) is 4.53. The van der Waals surface area contributed by atoms with Crippen molar-refractivity contribution >= 4 is 23.4 Å². The Labute approximate surface area is 128 Å². The normalized spacial score (nSPS) is 10.4. The zero-order valence-electron chi connectivity index (χ0n) is 12.1. The first-order valence-electron chi connectivity index (χ1n) is 6.71. The van der Waals surface area contributed by atoms with Gasteiger partial charge in [0.2, 0.25) is 0 Å². The van der Waals surface area contributed by atoms with Gasteiger partial charge in [-0.05, 0) is 43.0 Å². The fraction of sp³-hybridized carbons (Fsp3) is 0.250. The van der Waals surface area contributed by atoms with Crippen molar-refractivity contribution in [2.45, 2.75) is 18.4 Å². The lowest BCUT2D eigenvalue weighted by Gasteiger charge is -2.25. The molecule has 4 nitrogen and oxygen atoms in total. The maximum atomic E-state index is 11.6. The molecule has 1 N–H and O–H groups in total. The molecule has 110 valence electrons. The number of carbonyl (C=O) groups is 1. The van der Waals surface area contributed by atoms with E-state index >= 15 is 0 Å². The van der Waals surface area contributed by atoms with Crippen molar-refractivity contribution < 1.29 is 9.90 Å². The first-order chi connectivity index (χ1) is 10.2. The lowest BCUT2D eigenvalue weighted by molar-refractivity contribution is 0.0694. The number of aromatic nitrogens is 1. The SMILES string of the molecule is CCN(Cc1ccncc1)c1cccc(SC)c1C(=O)O. The summed E-state index contributed by atoms with van der Waals surface area (Å²) in [5, 5.41) is 9.54. The highest BCUT2D eigenvalue weighted by molar-refractivity contribution is 7.98. The number of aromatic carboxylic acids is 1. The highest BCUT2D eigenvalue weighted by Gasteiger charge is 2.19. The fourth-order valence-electron chi connectivity index (χ4n) is 2.24. The summed E-state index contributed by atoms with van der Waals surface area (Å²) in [5.74, 6) is -0.886. The van der Waals surface area contributed by atoms with Crippen molar-refractivity contribution in [1.82, 2.24) is 4.98 Å². The maximum absolute atomic E-state index is 11.6. The molecule has 0 saturated carbocycles. The van der Waals surface area contributed by atoms with E-state index in [9.17, 15) is 9.90 Å². The summed E-state index contributed by atoms with van der Waals surface area (Å²) < 4.78 is 0. The van der Waals surface area contributed by atoms with Crippen LogP contribution >= 0.6 is 11.8 Å². The Balaban J connectivity index is 2.40. The molecule has 0 fully saturated rings. The predicted octanol–water partition coefficient (Wildman–Crippen LogP) is 3.53. The summed E-state index contributed by atoms with van der Waals surface area (Å²) in [6.07, 6.45) is 5.39. The molecule has 2 aromatic rings. The van der Waals surface area contributed by atoms with E-state index in [2.05, 4.69) is 9.88 Å². The topological polar surface area (TPSA) is 53.4 Å². The fourth-order valence-corrected chi connectivity index (χ4v) is 2.85. The van der Waals surface area contributed by atoms with Crippen LogP contribution in [0.15, 0.2) is 47.6 Å². The highest BCUT2D eigenvalue weighted by atomic mass is 32.2. The first-order valence-corrected chi connectivity index (χ1v) is 7.94. The van der Waals surface area contributed by atoms with Gasteiger partial charge in [-0.3, -0.25) is 4.98 Å². The third kappa shape index (κ3) is 3.55. The van der Waals surface area contributed by atoms with Crippen molar-refractivity contribution in [3.63, 3.8) is 0 Å². The van der Waals surface area contributed by atoms with Crippen LogP contribution in [-0.4, -0.2) is 28.9 Å². The van der Waals surface area contributed by atoms with Crippen LogP contribution in [0.4, 0.5) is 5.69 Å². The van der Waals surface area contributed by atoms with Crippen LogP contribution in [0.2, 0.25) is 0 Å².